The van der Waals surface area contributed by atoms with Crippen LogP contribution in [0.3, 0.4) is 0 Å². The lowest BCUT2D eigenvalue weighted by atomic mass is 9.88. The Hall–Kier alpha value is -5.86. The van der Waals surface area contributed by atoms with E-state index in [4.69, 9.17) is 4.42 Å². The molecule has 11 aromatic rings. The second-order valence-electron chi connectivity index (χ2n) is 12.1. The van der Waals surface area contributed by atoms with E-state index in [0.717, 1.165) is 11.2 Å². The first-order chi connectivity index (χ1) is 21.8. The number of para-hydroxylation sites is 2. The van der Waals surface area contributed by atoms with Crippen LogP contribution in [0.2, 0.25) is 0 Å². The molecule has 0 aliphatic heterocycles. The molecule has 0 spiro atoms. The van der Waals surface area contributed by atoms with Crippen molar-refractivity contribution in [3.63, 3.8) is 0 Å². The number of rotatable bonds is 2. The molecule has 0 amide bonds. The third kappa shape index (κ3) is 2.72. The fourth-order valence-corrected chi connectivity index (χ4v) is 8.07. The summed E-state index contributed by atoms with van der Waals surface area (Å²) in [4.78, 5) is 0. The molecule has 0 radical (unpaired) electrons. The van der Waals surface area contributed by atoms with Crippen molar-refractivity contribution in [1.82, 2.24) is 4.40 Å². The van der Waals surface area contributed by atoms with Gasteiger partial charge in [0.1, 0.15) is 11.2 Å². The minimum Gasteiger partial charge on any atom is -0.456 e. The van der Waals surface area contributed by atoms with Gasteiger partial charge in [-0.25, -0.2) is 0 Å². The van der Waals surface area contributed by atoms with Crippen LogP contribution in [0.15, 0.2) is 144 Å². The smallest absolute Gasteiger partial charge is 0.136 e. The summed E-state index contributed by atoms with van der Waals surface area (Å²) in [6.45, 7) is 0. The van der Waals surface area contributed by atoms with Gasteiger partial charge in [-0.05, 0) is 80.2 Å². The molecule has 202 valence electrons. The second-order valence-corrected chi connectivity index (χ2v) is 12.1. The van der Waals surface area contributed by atoms with Crippen molar-refractivity contribution in [2.24, 2.45) is 0 Å². The van der Waals surface area contributed by atoms with Crippen LogP contribution in [0.25, 0.3) is 104 Å². The van der Waals surface area contributed by atoms with Crippen molar-refractivity contribution in [3.05, 3.63) is 140 Å². The van der Waals surface area contributed by atoms with Crippen molar-refractivity contribution in [2.75, 3.05) is 0 Å². The molecule has 0 fully saturated rings. The monoisotopic (exact) mass is 557 g/mol. The van der Waals surface area contributed by atoms with Crippen LogP contribution in [0.4, 0.5) is 0 Å². The summed E-state index contributed by atoms with van der Waals surface area (Å²) in [7, 11) is 0. The maximum absolute atomic E-state index is 6.55. The molecular formula is C42H23NO. The third-order valence-corrected chi connectivity index (χ3v) is 9.86. The fraction of sp³-hybridized carbons (Fsp3) is 0. The highest BCUT2D eigenvalue weighted by Gasteiger charge is 2.22. The van der Waals surface area contributed by atoms with E-state index in [1.54, 1.807) is 0 Å². The van der Waals surface area contributed by atoms with E-state index in [1.165, 1.54) is 92.7 Å². The van der Waals surface area contributed by atoms with E-state index in [2.05, 4.69) is 144 Å². The number of hydrogen-bond donors (Lipinski definition) is 0. The Bertz CT molecular complexity index is 2920. The van der Waals surface area contributed by atoms with Crippen LogP contribution >= 0.6 is 0 Å². The van der Waals surface area contributed by atoms with Gasteiger partial charge >= 0.3 is 0 Å². The third-order valence-electron chi connectivity index (χ3n) is 9.86. The molecule has 0 aliphatic carbocycles. The van der Waals surface area contributed by atoms with Crippen LogP contribution in [0, 0.1) is 0 Å². The van der Waals surface area contributed by atoms with Crippen molar-refractivity contribution in [1.29, 1.82) is 0 Å². The number of furan rings is 1. The Balaban J connectivity index is 1.26. The summed E-state index contributed by atoms with van der Waals surface area (Å²) in [5, 5.41) is 12.7. The molecule has 0 atom stereocenters. The Kier molecular flexibility index (Phi) is 4.10. The molecule has 3 heterocycles. The molecule has 2 heteroatoms. The Labute approximate surface area is 251 Å². The average Bonchev–Trinajstić information content (AvgIpc) is 3.75. The van der Waals surface area contributed by atoms with Crippen molar-refractivity contribution in [2.45, 2.75) is 0 Å². The molecule has 0 aliphatic rings. The van der Waals surface area contributed by atoms with Gasteiger partial charge in [0, 0.05) is 32.3 Å². The lowest BCUT2D eigenvalue weighted by molar-refractivity contribution is 0.669. The van der Waals surface area contributed by atoms with Gasteiger partial charge in [0.2, 0.25) is 0 Å². The quantitative estimate of drug-likeness (QED) is 0.193. The van der Waals surface area contributed by atoms with E-state index < -0.39 is 0 Å². The normalized spacial score (nSPS) is 12.5. The lowest BCUT2D eigenvalue weighted by Crippen LogP contribution is -1.88. The maximum Gasteiger partial charge on any atom is 0.136 e. The van der Waals surface area contributed by atoms with Gasteiger partial charge in [-0.2, -0.15) is 0 Å². The van der Waals surface area contributed by atoms with Gasteiger partial charge in [0.15, 0.2) is 0 Å². The molecular weight excluding hydrogens is 534 g/mol. The minimum atomic E-state index is 0.941. The molecule has 11 rings (SSSR count). The van der Waals surface area contributed by atoms with Gasteiger partial charge < -0.3 is 8.82 Å². The van der Waals surface area contributed by atoms with E-state index in [1.807, 2.05) is 0 Å². The topological polar surface area (TPSA) is 17.6 Å². The Morgan fingerprint density at radius 1 is 0.364 bits per heavy atom. The van der Waals surface area contributed by atoms with Gasteiger partial charge in [-0.3, -0.25) is 0 Å². The van der Waals surface area contributed by atoms with Crippen molar-refractivity contribution >= 4 is 81.6 Å². The SMILES string of the molecule is c1ccc(-c2cc3oc4cccc5c6c(-c7ccc8c(c7)c7cccc9c%10ccccc%10n8c97)cccc6c(c2)c3c45)cc1. The molecule has 0 unspecified atom stereocenters. The minimum absolute atomic E-state index is 0.941. The van der Waals surface area contributed by atoms with Gasteiger partial charge in [-0.1, -0.05) is 103 Å². The highest BCUT2D eigenvalue weighted by atomic mass is 16.3. The van der Waals surface area contributed by atoms with E-state index in [0.29, 0.717) is 0 Å². The first-order valence-corrected chi connectivity index (χ1v) is 15.2. The predicted molar refractivity (Wildman–Crippen MR) is 185 cm³/mol. The predicted octanol–water partition coefficient (Wildman–Crippen LogP) is 11.8. The first kappa shape index (κ1) is 22.7. The highest BCUT2D eigenvalue weighted by molar-refractivity contribution is 6.35. The zero-order chi connectivity index (χ0) is 28.5. The van der Waals surface area contributed by atoms with Crippen LogP contribution in [0.1, 0.15) is 0 Å². The molecule has 3 aromatic heterocycles. The summed E-state index contributed by atoms with van der Waals surface area (Å²) < 4.78 is 8.99. The lowest BCUT2D eigenvalue weighted by Gasteiger charge is -2.14. The first-order valence-electron chi connectivity index (χ1n) is 15.2. The summed E-state index contributed by atoms with van der Waals surface area (Å²) in [5.74, 6) is 0. The molecule has 8 aromatic carbocycles. The number of benzene rings is 8. The van der Waals surface area contributed by atoms with Crippen LogP contribution < -0.4 is 0 Å². The number of hydrogen-bond acceptors (Lipinski definition) is 1. The molecule has 44 heavy (non-hydrogen) atoms. The number of fused-ring (bicyclic) bond motifs is 9. The molecule has 0 N–H and O–H groups in total. The summed E-state index contributed by atoms with van der Waals surface area (Å²) in [5.41, 5.74) is 10.6. The van der Waals surface area contributed by atoms with E-state index in [9.17, 15) is 0 Å². The zero-order valence-corrected chi connectivity index (χ0v) is 23.6. The van der Waals surface area contributed by atoms with Gasteiger partial charge in [0.05, 0.1) is 16.6 Å². The summed E-state index contributed by atoms with van der Waals surface area (Å²) >= 11 is 0. The summed E-state index contributed by atoms with van der Waals surface area (Å²) in [6.07, 6.45) is 0. The van der Waals surface area contributed by atoms with Crippen molar-refractivity contribution in [3.8, 4) is 22.3 Å². The van der Waals surface area contributed by atoms with Gasteiger partial charge in [-0.15, -0.1) is 0 Å². The fourth-order valence-electron chi connectivity index (χ4n) is 8.07. The molecule has 0 saturated carbocycles. The van der Waals surface area contributed by atoms with E-state index in [-0.39, 0.29) is 0 Å². The zero-order valence-electron chi connectivity index (χ0n) is 23.6. The largest absolute Gasteiger partial charge is 0.456 e. The summed E-state index contributed by atoms with van der Waals surface area (Å²) in [6, 6.07) is 51.0. The Morgan fingerprint density at radius 3 is 1.98 bits per heavy atom. The van der Waals surface area contributed by atoms with Crippen LogP contribution in [-0.4, -0.2) is 4.40 Å². The Morgan fingerprint density at radius 2 is 1.05 bits per heavy atom. The maximum atomic E-state index is 6.55. The molecule has 2 nitrogen and oxygen atoms in total. The average molecular weight is 558 g/mol. The molecule has 0 bridgehead atoms. The standard InChI is InChI=1S/C42H23NO/c1-2-9-24(10-3-1)26-22-34-29-13-6-12-27(39(29)32-16-8-18-37-40(32)41(34)38(23-26)44-37)25-19-20-36-33(21-25)31-15-7-14-30-28-11-4-5-17-35(28)43(36)42(30)31/h1-23H. The number of nitrogens with zero attached hydrogens (tertiary/aromatic N) is 1. The van der Waals surface area contributed by atoms with Crippen LogP contribution in [0.5, 0.6) is 0 Å². The van der Waals surface area contributed by atoms with Gasteiger partial charge in [0.25, 0.3) is 0 Å². The van der Waals surface area contributed by atoms with Crippen molar-refractivity contribution < 1.29 is 4.42 Å². The number of aromatic nitrogens is 1. The highest BCUT2D eigenvalue weighted by Crippen LogP contribution is 2.47. The second kappa shape index (κ2) is 7.94. The molecule has 0 saturated heterocycles. The van der Waals surface area contributed by atoms with E-state index >= 15 is 0 Å². The van der Waals surface area contributed by atoms with Crippen LogP contribution in [-0.2, 0) is 0 Å².